The SMILES string of the molecule is CCC(CC)C(=O)N1CCCC1C(=O)N[C@H](Cc1ccc2ccccc2c1)C(=O)NCC(O)CNC[C@@H](C)OC. The number of aliphatic hydroxyl groups is 1. The maximum Gasteiger partial charge on any atom is 0.243 e. The van der Waals surface area contributed by atoms with Crippen molar-refractivity contribution in [3.63, 3.8) is 0 Å². The molecule has 1 fully saturated rings. The first-order chi connectivity index (χ1) is 19.3. The average molecular weight is 555 g/mol. The Morgan fingerprint density at radius 1 is 1.05 bits per heavy atom. The average Bonchev–Trinajstić information content (AvgIpc) is 3.46. The van der Waals surface area contributed by atoms with E-state index in [1.807, 2.05) is 63.2 Å². The van der Waals surface area contributed by atoms with Gasteiger partial charge in [0.05, 0.1) is 12.2 Å². The largest absolute Gasteiger partial charge is 0.390 e. The molecule has 0 aliphatic carbocycles. The van der Waals surface area contributed by atoms with Crippen LogP contribution in [-0.4, -0.2) is 85.3 Å². The highest BCUT2D eigenvalue weighted by Gasteiger charge is 2.37. The van der Waals surface area contributed by atoms with Gasteiger partial charge in [-0.2, -0.15) is 0 Å². The van der Waals surface area contributed by atoms with Crippen molar-refractivity contribution in [2.75, 3.05) is 33.3 Å². The molecule has 1 aliphatic rings. The second kappa shape index (κ2) is 15.7. The van der Waals surface area contributed by atoms with Crippen molar-refractivity contribution in [1.29, 1.82) is 0 Å². The van der Waals surface area contributed by atoms with E-state index in [0.717, 1.165) is 35.6 Å². The molecule has 2 aromatic carbocycles. The van der Waals surface area contributed by atoms with Gasteiger partial charge in [0.2, 0.25) is 17.7 Å². The quantitative estimate of drug-likeness (QED) is 0.268. The van der Waals surface area contributed by atoms with E-state index in [1.165, 1.54) is 0 Å². The van der Waals surface area contributed by atoms with Gasteiger partial charge in [-0.3, -0.25) is 14.4 Å². The number of methoxy groups -OCH3 is 1. The van der Waals surface area contributed by atoms with E-state index in [4.69, 9.17) is 4.74 Å². The number of hydrogen-bond donors (Lipinski definition) is 4. The molecule has 1 saturated heterocycles. The number of amides is 3. The van der Waals surface area contributed by atoms with Crippen LogP contribution in [0.1, 0.15) is 52.0 Å². The van der Waals surface area contributed by atoms with Crippen LogP contribution >= 0.6 is 0 Å². The fourth-order valence-electron chi connectivity index (χ4n) is 5.20. The topological polar surface area (TPSA) is 120 Å². The van der Waals surface area contributed by atoms with Gasteiger partial charge in [-0.05, 0) is 48.9 Å². The van der Waals surface area contributed by atoms with E-state index >= 15 is 0 Å². The van der Waals surface area contributed by atoms with Gasteiger partial charge < -0.3 is 30.7 Å². The molecule has 0 saturated carbocycles. The minimum absolute atomic E-state index is 0.00954. The lowest BCUT2D eigenvalue weighted by Crippen LogP contribution is -2.55. The van der Waals surface area contributed by atoms with Crippen LogP contribution < -0.4 is 16.0 Å². The van der Waals surface area contributed by atoms with Crippen LogP contribution in [-0.2, 0) is 25.5 Å². The van der Waals surface area contributed by atoms with Gasteiger partial charge in [0.1, 0.15) is 12.1 Å². The van der Waals surface area contributed by atoms with Gasteiger partial charge in [-0.1, -0.05) is 56.3 Å². The van der Waals surface area contributed by atoms with Crippen LogP contribution in [0, 0.1) is 5.92 Å². The molecule has 220 valence electrons. The van der Waals surface area contributed by atoms with Crippen LogP contribution in [0.15, 0.2) is 42.5 Å². The second-order valence-corrected chi connectivity index (χ2v) is 10.8. The smallest absolute Gasteiger partial charge is 0.243 e. The van der Waals surface area contributed by atoms with Crippen molar-refractivity contribution in [2.24, 2.45) is 5.92 Å². The maximum absolute atomic E-state index is 13.5. The number of benzene rings is 2. The van der Waals surface area contributed by atoms with Gasteiger partial charge in [0.15, 0.2) is 0 Å². The predicted molar refractivity (Wildman–Crippen MR) is 157 cm³/mol. The molecule has 0 bridgehead atoms. The van der Waals surface area contributed by atoms with Crippen molar-refractivity contribution < 1.29 is 24.2 Å². The van der Waals surface area contributed by atoms with Crippen molar-refractivity contribution in [3.05, 3.63) is 48.0 Å². The highest BCUT2D eigenvalue weighted by Crippen LogP contribution is 2.23. The molecule has 2 aromatic rings. The highest BCUT2D eigenvalue weighted by atomic mass is 16.5. The molecule has 3 amide bonds. The molecule has 9 nitrogen and oxygen atoms in total. The lowest BCUT2D eigenvalue weighted by Gasteiger charge is -2.29. The summed E-state index contributed by atoms with van der Waals surface area (Å²) in [5.41, 5.74) is 0.909. The summed E-state index contributed by atoms with van der Waals surface area (Å²) >= 11 is 0. The molecular weight excluding hydrogens is 508 g/mol. The van der Waals surface area contributed by atoms with Gasteiger partial charge in [0, 0.05) is 45.6 Å². The normalized spacial score (nSPS) is 17.6. The summed E-state index contributed by atoms with van der Waals surface area (Å²) in [5.74, 6) is -0.779. The highest BCUT2D eigenvalue weighted by molar-refractivity contribution is 5.93. The van der Waals surface area contributed by atoms with E-state index in [2.05, 4.69) is 16.0 Å². The molecule has 4 atom stereocenters. The summed E-state index contributed by atoms with van der Waals surface area (Å²) in [6.45, 7) is 7.37. The molecule has 9 heteroatoms. The summed E-state index contributed by atoms with van der Waals surface area (Å²) in [5, 5.41) is 21.4. The Bertz CT molecular complexity index is 1120. The van der Waals surface area contributed by atoms with E-state index in [-0.39, 0.29) is 42.7 Å². The second-order valence-electron chi connectivity index (χ2n) is 10.8. The Balaban J connectivity index is 1.71. The summed E-state index contributed by atoms with van der Waals surface area (Å²) in [4.78, 5) is 41.6. The third-order valence-electron chi connectivity index (χ3n) is 7.79. The number of likely N-dealkylation sites (tertiary alicyclic amines) is 1. The van der Waals surface area contributed by atoms with E-state index in [1.54, 1.807) is 12.0 Å². The van der Waals surface area contributed by atoms with E-state index < -0.39 is 18.2 Å². The monoisotopic (exact) mass is 554 g/mol. The first-order valence-corrected chi connectivity index (χ1v) is 14.5. The van der Waals surface area contributed by atoms with Crippen molar-refractivity contribution in [2.45, 2.75) is 77.2 Å². The molecule has 1 heterocycles. The van der Waals surface area contributed by atoms with E-state index in [0.29, 0.717) is 26.1 Å². The fraction of sp³-hybridized carbons (Fsp3) is 0.581. The first kappa shape index (κ1) is 31.5. The summed E-state index contributed by atoms with van der Waals surface area (Å²) in [7, 11) is 1.62. The Labute approximate surface area is 238 Å². The third-order valence-corrected chi connectivity index (χ3v) is 7.79. The van der Waals surface area contributed by atoms with Crippen molar-refractivity contribution in [3.8, 4) is 0 Å². The Hall–Kier alpha value is -3.01. The minimum atomic E-state index is -0.854. The van der Waals surface area contributed by atoms with Crippen LogP contribution in [0.25, 0.3) is 10.8 Å². The number of aliphatic hydroxyl groups excluding tert-OH is 1. The maximum atomic E-state index is 13.5. The Kier molecular flexibility index (Phi) is 12.4. The Morgan fingerprint density at radius 3 is 2.48 bits per heavy atom. The van der Waals surface area contributed by atoms with Crippen LogP contribution in [0.3, 0.4) is 0 Å². The van der Waals surface area contributed by atoms with Crippen LogP contribution in [0.5, 0.6) is 0 Å². The van der Waals surface area contributed by atoms with Crippen LogP contribution in [0.2, 0.25) is 0 Å². The molecule has 4 N–H and O–H groups in total. The summed E-state index contributed by atoms with van der Waals surface area (Å²) in [6.07, 6.45) is 2.29. The zero-order chi connectivity index (χ0) is 29.1. The van der Waals surface area contributed by atoms with Gasteiger partial charge in [-0.15, -0.1) is 0 Å². The molecule has 2 unspecified atom stereocenters. The number of hydrogen-bond acceptors (Lipinski definition) is 6. The third kappa shape index (κ3) is 8.74. The molecule has 3 rings (SSSR count). The Morgan fingerprint density at radius 2 is 1.77 bits per heavy atom. The van der Waals surface area contributed by atoms with Gasteiger partial charge in [0.25, 0.3) is 0 Å². The minimum Gasteiger partial charge on any atom is -0.390 e. The van der Waals surface area contributed by atoms with Gasteiger partial charge >= 0.3 is 0 Å². The molecule has 0 spiro atoms. The molecule has 0 radical (unpaired) electrons. The number of carbonyl (C=O) groups excluding carboxylic acids is 3. The molecular formula is C31H46N4O5. The number of ether oxygens (including phenoxy) is 1. The summed E-state index contributed by atoms with van der Waals surface area (Å²) in [6, 6.07) is 12.5. The number of nitrogens with one attached hydrogen (secondary N) is 3. The van der Waals surface area contributed by atoms with Gasteiger partial charge in [-0.25, -0.2) is 0 Å². The van der Waals surface area contributed by atoms with Crippen LogP contribution in [0.4, 0.5) is 0 Å². The zero-order valence-corrected chi connectivity index (χ0v) is 24.3. The van der Waals surface area contributed by atoms with Crippen molar-refractivity contribution in [1.82, 2.24) is 20.9 Å². The van der Waals surface area contributed by atoms with Crippen molar-refractivity contribution >= 4 is 28.5 Å². The first-order valence-electron chi connectivity index (χ1n) is 14.5. The number of carbonyl (C=O) groups is 3. The fourth-order valence-corrected chi connectivity index (χ4v) is 5.20. The number of rotatable bonds is 15. The number of nitrogens with zero attached hydrogens (tertiary/aromatic N) is 1. The lowest BCUT2D eigenvalue weighted by atomic mass is 10.00. The molecule has 40 heavy (non-hydrogen) atoms. The standard InChI is InChI=1S/C31H46N4O5/c1-5-23(6-2)31(39)35-15-9-12-28(35)30(38)34-27(17-22-13-14-24-10-7-8-11-25(24)16-22)29(37)33-20-26(36)19-32-18-21(3)40-4/h7-8,10-11,13-14,16,21,23,26-28,32,36H,5-6,9,12,15,17-20H2,1-4H3,(H,33,37)(H,34,38)/t21-,26?,27-,28?/m1/s1. The molecule has 1 aliphatic heterocycles. The van der Waals surface area contributed by atoms with E-state index in [9.17, 15) is 19.5 Å². The predicted octanol–water partition coefficient (Wildman–Crippen LogP) is 2.40. The molecule has 0 aromatic heterocycles. The number of fused-ring (bicyclic) bond motifs is 1. The lowest BCUT2D eigenvalue weighted by molar-refractivity contribution is -0.142. The zero-order valence-electron chi connectivity index (χ0n) is 24.3. The summed E-state index contributed by atoms with van der Waals surface area (Å²) < 4.78 is 5.19.